The molecule has 1 aliphatic carbocycles. The van der Waals surface area contributed by atoms with Gasteiger partial charge in [0.25, 0.3) is 5.91 Å². The Bertz CT molecular complexity index is 763. The number of carbonyl (C=O) groups excluding carboxylic acids is 2. The summed E-state index contributed by atoms with van der Waals surface area (Å²) in [5.41, 5.74) is 2.70. The first-order valence-electron chi connectivity index (χ1n) is 8.58. The molecule has 25 heavy (non-hydrogen) atoms. The molecule has 2 aromatic rings. The molecule has 3 rings (SSSR count). The van der Waals surface area contributed by atoms with Crippen molar-refractivity contribution < 1.29 is 9.59 Å². The number of aryl methyl sites for hydroxylation is 1. The summed E-state index contributed by atoms with van der Waals surface area (Å²) in [7, 11) is 0. The second kappa shape index (κ2) is 7.35. The fourth-order valence-corrected chi connectivity index (χ4v) is 3.35. The van der Waals surface area contributed by atoms with Gasteiger partial charge < -0.3 is 10.6 Å². The van der Waals surface area contributed by atoms with Crippen molar-refractivity contribution in [3.8, 4) is 0 Å². The van der Waals surface area contributed by atoms with E-state index in [1.54, 1.807) is 12.1 Å². The summed E-state index contributed by atoms with van der Waals surface area (Å²) in [4.78, 5) is 29.5. The van der Waals surface area contributed by atoms with E-state index in [0.29, 0.717) is 16.6 Å². The van der Waals surface area contributed by atoms with Crippen LogP contribution in [0, 0.1) is 12.8 Å². The Morgan fingerprint density at radius 2 is 1.88 bits per heavy atom. The van der Waals surface area contributed by atoms with E-state index < -0.39 is 6.04 Å². The van der Waals surface area contributed by atoms with E-state index in [-0.39, 0.29) is 17.7 Å². The van der Waals surface area contributed by atoms with Crippen LogP contribution in [0.15, 0.2) is 29.6 Å². The summed E-state index contributed by atoms with van der Waals surface area (Å²) in [6.07, 6.45) is 2.36. The van der Waals surface area contributed by atoms with E-state index in [9.17, 15) is 9.59 Å². The highest BCUT2D eigenvalue weighted by Crippen LogP contribution is 2.40. The highest BCUT2D eigenvalue weighted by Gasteiger charge is 2.28. The fourth-order valence-electron chi connectivity index (χ4n) is 2.56. The Morgan fingerprint density at radius 3 is 2.48 bits per heavy atom. The van der Waals surface area contributed by atoms with E-state index in [1.165, 1.54) is 24.2 Å². The van der Waals surface area contributed by atoms with Crippen molar-refractivity contribution in [2.24, 2.45) is 5.92 Å². The number of benzene rings is 1. The quantitative estimate of drug-likeness (QED) is 0.828. The molecule has 132 valence electrons. The van der Waals surface area contributed by atoms with Gasteiger partial charge in [-0.1, -0.05) is 31.5 Å². The molecule has 1 heterocycles. The van der Waals surface area contributed by atoms with Crippen molar-refractivity contribution >= 4 is 28.3 Å². The standard InChI is InChI=1S/C19H23N3O2S/c1-11(2)16(21-17(23)14-6-4-12(3)5-7-14)18(24)22-19-20-15(10-25-19)13-8-9-13/h4-7,10-11,13,16H,8-9H2,1-3H3,(H,21,23)(H,20,22,24). The lowest BCUT2D eigenvalue weighted by Crippen LogP contribution is -2.47. The van der Waals surface area contributed by atoms with Crippen LogP contribution in [0.1, 0.15) is 54.2 Å². The molecule has 1 aromatic carbocycles. The Balaban J connectivity index is 1.65. The number of carbonyl (C=O) groups is 2. The molecule has 1 unspecified atom stereocenters. The Labute approximate surface area is 151 Å². The van der Waals surface area contributed by atoms with Crippen molar-refractivity contribution in [1.29, 1.82) is 0 Å². The molecule has 0 saturated heterocycles. The zero-order chi connectivity index (χ0) is 18.0. The average Bonchev–Trinajstić information content (AvgIpc) is 3.32. The second-order valence-corrected chi connectivity index (χ2v) is 7.76. The van der Waals surface area contributed by atoms with Gasteiger partial charge in [-0.2, -0.15) is 0 Å². The van der Waals surface area contributed by atoms with Gasteiger partial charge in [0.15, 0.2) is 5.13 Å². The largest absolute Gasteiger partial charge is 0.340 e. The van der Waals surface area contributed by atoms with Gasteiger partial charge in [0.05, 0.1) is 5.69 Å². The van der Waals surface area contributed by atoms with E-state index in [1.807, 2.05) is 38.3 Å². The first kappa shape index (κ1) is 17.6. The number of amides is 2. The Kier molecular flexibility index (Phi) is 5.18. The number of hydrogen-bond acceptors (Lipinski definition) is 4. The zero-order valence-electron chi connectivity index (χ0n) is 14.7. The van der Waals surface area contributed by atoms with Crippen LogP contribution in [-0.2, 0) is 4.79 Å². The molecule has 0 bridgehead atoms. The molecule has 0 radical (unpaired) electrons. The number of nitrogens with one attached hydrogen (secondary N) is 2. The molecule has 0 spiro atoms. The van der Waals surface area contributed by atoms with Gasteiger partial charge in [0, 0.05) is 16.9 Å². The summed E-state index contributed by atoms with van der Waals surface area (Å²) in [6.45, 7) is 5.80. The van der Waals surface area contributed by atoms with Crippen LogP contribution >= 0.6 is 11.3 Å². The van der Waals surface area contributed by atoms with E-state index in [4.69, 9.17) is 0 Å². The van der Waals surface area contributed by atoms with Crippen molar-refractivity contribution in [1.82, 2.24) is 10.3 Å². The topological polar surface area (TPSA) is 71.1 Å². The minimum atomic E-state index is -0.609. The van der Waals surface area contributed by atoms with Crippen LogP contribution in [0.3, 0.4) is 0 Å². The molecule has 6 heteroatoms. The predicted molar refractivity (Wildman–Crippen MR) is 100.0 cm³/mol. The van der Waals surface area contributed by atoms with Crippen LogP contribution in [0.2, 0.25) is 0 Å². The number of rotatable bonds is 6. The summed E-state index contributed by atoms with van der Waals surface area (Å²) in [6, 6.07) is 6.69. The molecule has 2 amide bonds. The van der Waals surface area contributed by atoms with Crippen molar-refractivity contribution in [3.63, 3.8) is 0 Å². The first-order valence-corrected chi connectivity index (χ1v) is 9.46. The number of thiazole rings is 1. The van der Waals surface area contributed by atoms with Crippen LogP contribution in [0.4, 0.5) is 5.13 Å². The van der Waals surface area contributed by atoms with Crippen LogP contribution in [0.25, 0.3) is 0 Å². The van der Waals surface area contributed by atoms with Gasteiger partial charge >= 0.3 is 0 Å². The molecule has 5 nitrogen and oxygen atoms in total. The minimum Gasteiger partial charge on any atom is -0.340 e. The van der Waals surface area contributed by atoms with Crippen LogP contribution < -0.4 is 10.6 Å². The molecule has 1 aromatic heterocycles. The lowest BCUT2D eigenvalue weighted by atomic mass is 10.0. The molecule has 1 atom stereocenters. The molecule has 1 saturated carbocycles. The second-order valence-electron chi connectivity index (χ2n) is 6.90. The summed E-state index contributed by atoms with van der Waals surface area (Å²) >= 11 is 1.44. The maximum Gasteiger partial charge on any atom is 0.251 e. The Morgan fingerprint density at radius 1 is 1.20 bits per heavy atom. The van der Waals surface area contributed by atoms with Gasteiger partial charge in [0.1, 0.15) is 6.04 Å². The summed E-state index contributed by atoms with van der Waals surface area (Å²) < 4.78 is 0. The Hall–Kier alpha value is -2.21. The minimum absolute atomic E-state index is 0.0303. The highest BCUT2D eigenvalue weighted by molar-refractivity contribution is 7.13. The van der Waals surface area contributed by atoms with E-state index in [0.717, 1.165) is 11.3 Å². The third-order valence-electron chi connectivity index (χ3n) is 4.30. The van der Waals surface area contributed by atoms with Gasteiger partial charge in [-0.05, 0) is 37.8 Å². The SMILES string of the molecule is Cc1ccc(C(=O)NC(C(=O)Nc2nc(C3CC3)cs2)C(C)C)cc1. The van der Waals surface area contributed by atoms with E-state index >= 15 is 0 Å². The summed E-state index contributed by atoms with van der Waals surface area (Å²) in [5, 5.41) is 8.29. The molecule has 1 fully saturated rings. The zero-order valence-corrected chi connectivity index (χ0v) is 15.5. The molecule has 1 aliphatic rings. The van der Waals surface area contributed by atoms with Crippen molar-refractivity contribution in [3.05, 3.63) is 46.5 Å². The van der Waals surface area contributed by atoms with Gasteiger partial charge in [-0.25, -0.2) is 4.98 Å². The van der Waals surface area contributed by atoms with Crippen LogP contribution in [-0.4, -0.2) is 22.8 Å². The van der Waals surface area contributed by atoms with E-state index in [2.05, 4.69) is 15.6 Å². The first-order chi connectivity index (χ1) is 11.9. The van der Waals surface area contributed by atoms with Crippen LogP contribution in [0.5, 0.6) is 0 Å². The molecular formula is C19H23N3O2S. The van der Waals surface area contributed by atoms with Gasteiger partial charge in [-0.15, -0.1) is 11.3 Å². The van der Waals surface area contributed by atoms with Gasteiger partial charge in [-0.3, -0.25) is 9.59 Å². The number of aromatic nitrogens is 1. The number of hydrogen-bond donors (Lipinski definition) is 2. The monoisotopic (exact) mass is 357 g/mol. The maximum atomic E-state index is 12.6. The maximum absolute atomic E-state index is 12.6. The number of anilines is 1. The average molecular weight is 357 g/mol. The fraction of sp³-hybridized carbons (Fsp3) is 0.421. The predicted octanol–water partition coefficient (Wildman–Crippen LogP) is 3.72. The smallest absolute Gasteiger partial charge is 0.251 e. The molecule has 0 aliphatic heterocycles. The lowest BCUT2D eigenvalue weighted by Gasteiger charge is -2.21. The van der Waals surface area contributed by atoms with Gasteiger partial charge in [0.2, 0.25) is 5.91 Å². The summed E-state index contributed by atoms with van der Waals surface area (Å²) in [5.74, 6) is 0.0557. The lowest BCUT2D eigenvalue weighted by molar-refractivity contribution is -0.118. The highest BCUT2D eigenvalue weighted by atomic mass is 32.1. The molecular weight excluding hydrogens is 334 g/mol. The van der Waals surface area contributed by atoms with Crippen molar-refractivity contribution in [2.45, 2.75) is 45.6 Å². The molecule has 2 N–H and O–H groups in total. The number of nitrogens with zero attached hydrogens (tertiary/aromatic N) is 1. The third kappa shape index (κ3) is 4.45. The third-order valence-corrected chi connectivity index (χ3v) is 5.07. The normalized spacial score (nSPS) is 15.0. The van der Waals surface area contributed by atoms with Crippen molar-refractivity contribution in [2.75, 3.05) is 5.32 Å².